The summed E-state index contributed by atoms with van der Waals surface area (Å²) in [6, 6.07) is -0.914. The van der Waals surface area contributed by atoms with Gasteiger partial charge in [0.15, 0.2) is 18.9 Å². The van der Waals surface area contributed by atoms with Crippen LogP contribution in [0.25, 0.3) is 0 Å². The van der Waals surface area contributed by atoms with E-state index < -0.39 is 124 Å². The number of nitrogens with one attached hydrogen (secondary N) is 1. The molecule has 19 heteroatoms. The Morgan fingerprint density at radius 1 is 0.394 bits per heavy atom. The highest BCUT2D eigenvalue weighted by Gasteiger charge is 2.53. The van der Waals surface area contributed by atoms with Gasteiger partial charge in [0.2, 0.25) is 5.91 Å². The van der Waals surface area contributed by atoms with Crippen LogP contribution in [0.4, 0.5) is 0 Å². The highest BCUT2D eigenvalue weighted by molar-refractivity contribution is 5.76. The van der Waals surface area contributed by atoms with Gasteiger partial charge < -0.3 is 89.9 Å². The Bertz CT molecular complexity index is 2130. The minimum atomic E-state index is -1.98. The predicted molar refractivity (Wildman–Crippen MR) is 369 cm³/mol. The third-order valence-corrected chi connectivity index (χ3v) is 17.4. The largest absolute Gasteiger partial charge is 0.394 e. The van der Waals surface area contributed by atoms with Crippen molar-refractivity contribution in [1.82, 2.24) is 5.32 Å². The summed E-state index contributed by atoms with van der Waals surface area (Å²) < 4.78 is 34.4. The molecule has 540 valence electrons. The first-order chi connectivity index (χ1) is 45.8. The van der Waals surface area contributed by atoms with Crippen LogP contribution in [0.5, 0.6) is 0 Å². The first-order valence-corrected chi connectivity index (χ1v) is 36.1. The van der Waals surface area contributed by atoms with Crippen molar-refractivity contribution in [2.75, 3.05) is 26.4 Å². The van der Waals surface area contributed by atoms with Crippen LogP contribution in [0.3, 0.4) is 0 Å². The lowest BCUT2D eigenvalue weighted by Gasteiger charge is -2.48. The van der Waals surface area contributed by atoms with Crippen molar-refractivity contribution in [2.45, 2.75) is 330 Å². The van der Waals surface area contributed by atoms with Crippen LogP contribution >= 0.6 is 0 Å². The fraction of sp³-hybridized carbons (Fsp3) is 0.747. The molecule has 17 unspecified atom stereocenters. The molecule has 0 aromatic rings. The second kappa shape index (κ2) is 55.3. The van der Waals surface area contributed by atoms with Crippen molar-refractivity contribution in [3.8, 4) is 0 Å². The predicted octanol–water partition coefficient (Wildman–Crippen LogP) is 10.2. The molecule has 12 N–H and O–H groups in total. The van der Waals surface area contributed by atoms with Crippen molar-refractivity contribution >= 4 is 5.91 Å². The summed E-state index contributed by atoms with van der Waals surface area (Å²) in [7, 11) is 0. The number of hydrogen-bond acceptors (Lipinski definition) is 18. The van der Waals surface area contributed by atoms with Crippen LogP contribution in [-0.4, -0.2) is 193 Å². The minimum Gasteiger partial charge on any atom is -0.394 e. The Balaban J connectivity index is 1.43. The van der Waals surface area contributed by atoms with Gasteiger partial charge in [0, 0.05) is 6.42 Å². The average Bonchev–Trinajstić information content (AvgIpc) is 0.787. The lowest BCUT2D eigenvalue weighted by atomic mass is 9.96. The van der Waals surface area contributed by atoms with Crippen LogP contribution in [0.1, 0.15) is 226 Å². The Morgan fingerprint density at radius 3 is 1.14 bits per heavy atom. The third kappa shape index (κ3) is 36.3. The molecule has 0 bridgehead atoms. The molecule has 3 rings (SSSR count). The van der Waals surface area contributed by atoms with Gasteiger partial charge in [-0.1, -0.05) is 245 Å². The smallest absolute Gasteiger partial charge is 0.220 e. The number of hydrogen-bond donors (Lipinski definition) is 12. The number of unbranched alkanes of at least 4 members (excludes halogenated alkanes) is 20. The molecule has 0 aromatic carbocycles. The lowest BCUT2D eigenvalue weighted by Crippen LogP contribution is -2.66. The van der Waals surface area contributed by atoms with Crippen molar-refractivity contribution in [2.24, 2.45) is 0 Å². The van der Waals surface area contributed by atoms with E-state index in [-0.39, 0.29) is 18.9 Å². The fourth-order valence-electron chi connectivity index (χ4n) is 11.5. The topological polar surface area (TPSA) is 307 Å². The number of ether oxygens (including phenoxy) is 6. The standard InChI is InChI=1S/C75H127NO18/c1-3-5-7-9-11-13-15-17-19-21-23-24-25-26-27-28-29-30-31-32-33-34-35-37-39-41-43-45-47-49-51-53-63(81)76-58(59(80)52-50-48-46-44-42-40-38-36-22-20-18-16-14-12-10-8-6-4-2)57-89-73-69(87)66(84)71(61(55-78)91-73)94-75-70(88)67(85)72(62(56-79)92-75)93-74-68(86)65(83)64(82)60(54-77)90-74/h5,7,11,13,17,19,23-24,26-27,29-30,32-33,35,37,41,43,58-62,64-75,77-80,82-88H,3-4,6,8-10,12,14-16,18,20-22,25,28,31,34,36,38-40,42,44-57H2,1-2H3,(H,76,81)/b7-5-,13-11-,19-17-,24-23-,27-26-,30-29-,33-32-,37-35-,43-41-. The van der Waals surface area contributed by atoms with Crippen LogP contribution in [0.15, 0.2) is 109 Å². The molecular weight excluding hydrogens is 1200 g/mol. The van der Waals surface area contributed by atoms with Gasteiger partial charge in [-0.25, -0.2) is 0 Å². The van der Waals surface area contributed by atoms with E-state index in [1.165, 1.54) is 89.9 Å². The summed E-state index contributed by atoms with van der Waals surface area (Å²) in [5, 5.41) is 121. The molecule has 3 heterocycles. The highest BCUT2D eigenvalue weighted by Crippen LogP contribution is 2.33. The van der Waals surface area contributed by atoms with E-state index in [4.69, 9.17) is 28.4 Å². The van der Waals surface area contributed by atoms with Crippen LogP contribution < -0.4 is 5.32 Å². The highest BCUT2D eigenvalue weighted by atomic mass is 16.8. The first-order valence-electron chi connectivity index (χ1n) is 36.1. The zero-order valence-corrected chi connectivity index (χ0v) is 57.1. The average molecular weight is 1330 g/mol. The van der Waals surface area contributed by atoms with E-state index >= 15 is 0 Å². The Hall–Kier alpha value is -3.55. The van der Waals surface area contributed by atoms with Crippen LogP contribution in [0, 0.1) is 0 Å². The minimum absolute atomic E-state index is 0.219. The van der Waals surface area contributed by atoms with Gasteiger partial charge in [-0.2, -0.15) is 0 Å². The molecule has 0 spiro atoms. The Morgan fingerprint density at radius 2 is 0.734 bits per heavy atom. The van der Waals surface area contributed by atoms with Gasteiger partial charge in [0.25, 0.3) is 0 Å². The van der Waals surface area contributed by atoms with Gasteiger partial charge in [-0.05, 0) is 83.5 Å². The Kier molecular flexibility index (Phi) is 49.9. The second-order valence-electron chi connectivity index (χ2n) is 25.3. The summed E-state index contributed by atoms with van der Waals surface area (Å²) in [5.41, 5.74) is 0. The number of aliphatic hydroxyl groups is 11. The van der Waals surface area contributed by atoms with E-state index in [9.17, 15) is 61.0 Å². The number of allylic oxidation sites excluding steroid dienone is 18. The molecule has 17 atom stereocenters. The summed E-state index contributed by atoms with van der Waals surface area (Å²) in [6.07, 6.45) is 47.3. The van der Waals surface area contributed by atoms with Gasteiger partial charge >= 0.3 is 0 Å². The number of carbonyl (C=O) groups excluding carboxylic acids is 1. The van der Waals surface area contributed by atoms with Crippen molar-refractivity contribution in [3.05, 3.63) is 109 Å². The SMILES string of the molecule is CC/C=C\C/C=C\C/C=C\C/C=C\C/C=C\C/C=C\C/C=C\C/C=C\C/C=C\CCCCCC(=O)NC(COC1OC(CO)C(OC2OC(CO)C(OC3OC(CO)C(O)C(O)C3O)C(O)C2O)C(O)C1O)C(O)CCCCCCCCCCCCCCCCCCCC. The molecule has 94 heavy (non-hydrogen) atoms. The van der Waals surface area contributed by atoms with Gasteiger partial charge in [-0.15, -0.1) is 0 Å². The van der Waals surface area contributed by atoms with Crippen molar-refractivity contribution < 1.29 is 89.4 Å². The summed E-state index contributed by atoms with van der Waals surface area (Å²) in [5.74, 6) is -0.278. The van der Waals surface area contributed by atoms with Crippen LogP contribution in [-0.2, 0) is 33.2 Å². The van der Waals surface area contributed by atoms with E-state index in [1.54, 1.807) is 0 Å². The lowest BCUT2D eigenvalue weighted by molar-refractivity contribution is -0.379. The first kappa shape index (κ1) is 84.7. The van der Waals surface area contributed by atoms with Crippen molar-refractivity contribution in [1.29, 1.82) is 0 Å². The molecule has 0 saturated carbocycles. The van der Waals surface area contributed by atoms with E-state index in [0.717, 1.165) is 96.3 Å². The molecule has 0 aliphatic carbocycles. The molecule has 3 fully saturated rings. The number of aliphatic hydroxyl groups excluding tert-OH is 11. The zero-order chi connectivity index (χ0) is 68.2. The summed E-state index contributed by atoms with van der Waals surface area (Å²) in [6.45, 7) is 1.66. The molecule has 19 nitrogen and oxygen atoms in total. The van der Waals surface area contributed by atoms with E-state index in [2.05, 4.69) is 129 Å². The monoisotopic (exact) mass is 1330 g/mol. The van der Waals surface area contributed by atoms with Gasteiger partial charge in [-0.3, -0.25) is 4.79 Å². The zero-order valence-electron chi connectivity index (χ0n) is 57.1. The molecule has 0 aromatic heterocycles. The second-order valence-corrected chi connectivity index (χ2v) is 25.3. The van der Waals surface area contributed by atoms with E-state index in [1.807, 2.05) is 0 Å². The maximum Gasteiger partial charge on any atom is 0.220 e. The molecular formula is C75H127NO18. The van der Waals surface area contributed by atoms with Gasteiger partial charge in [0.1, 0.15) is 73.2 Å². The normalized spacial score (nSPS) is 28.0. The number of amides is 1. The summed E-state index contributed by atoms with van der Waals surface area (Å²) >= 11 is 0. The van der Waals surface area contributed by atoms with Gasteiger partial charge in [0.05, 0.1) is 38.6 Å². The fourth-order valence-corrected chi connectivity index (χ4v) is 11.5. The molecule has 3 aliphatic heterocycles. The maximum absolute atomic E-state index is 13.4. The molecule has 3 saturated heterocycles. The van der Waals surface area contributed by atoms with E-state index in [0.29, 0.717) is 19.3 Å². The molecule has 1 amide bonds. The van der Waals surface area contributed by atoms with Crippen molar-refractivity contribution in [3.63, 3.8) is 0 Å². The molecule has 3 aliphatic rings. The Labute approximate surface area is 564 Å². The summed E-state index contributed by atoms with van der Waals surface area (Å²) in [4.78, 5) is 13.4. The number of rotatable bonds is 54. The molecule has 0 radical (unpaired) electrons. The quantitative estimate of drug-likeness (QED) is 0.0199. The third-order valence-electron chi connectivity index (χ3n) is 17.4. The maximum atomic E-state index is 13.4. The van der Waals surface area contributed by atoms with Crippen LogP contribution in [0.2, 0.25) is 0 Å². The number of carbonyl (C=O) groups is 1.